The van der Waals surface area contributed by atoms with Crippen LogP contribution in [0.3, 0.4) is 0 Å². The van der Waals surface area contributed by atoms with Crippen molar-refractivity contribution in [3.63, 3.8) is 0 Å². The number of amides is 2. The first-order valence-corrected chi connectivity index (χ1v) is 8.46. The van der Waals surface area contributed by atoms with Crippen LogP contribution in [0.1, 0.15) is 51.9 Å². The van der Waals surface area contributed by atoms with Crippen molar-refractivity contribution in [3.05, 3.63) is 28.7 Å². The second-order valence-electron chi connectivity index (χ2n) is 5.03. The van der Waals surface area contributed by atoms with Crippen molar-refractivity contribution in [3.8, 4) is 0 Å². The first kappa shape index (κ1) is 18.0. The first-order valence-electron chi connectivity index (χ1n) is 7.66. The quantitative estimate of drug-likeness (QED) is 0.444. The van der Waals surface area contributed by atoms with E-state index >= 15 is 0 Å². The number of halogens is 1. The van der Waals surface area contributed by atoms with Crippen LogP contribution < -0.4 is 10.8 Å². The molecule has 0 aliphatic carbocycles. The van der Waals surface area contributed by atoms with E-state index in [-0.39, 0.29) is 6.03 Å². The zero-order valence-electron chi connectivity index (χ0n) is 12.7. The predicted molar refractivity (Wildman–Crippen MR) is 90.2 cm³/mol. The van der Waals surface area contributed by atoms with E-state index in [4.69, 9.17) is 4.84 Å². The van der Waals surface area contributed by atoms with Crippen LogP contribution in [0, 0.1) is 0 Å². The number of benzene rings is 1. The fourth-order valence-electron chi connectivity index (χ4n) is 1.94. The third-order valence-corrected chi connectivity index (χ3v) is 3.65. The van der Waals surface area contributed by atoms with Gasteiger partial charge in [0, 0.05) is 10.2 Å². The minimum Gasteiger partial charge on any atom is -0.306 e. The molecule has 4 nitrogen and oxygen atoms in total. The zero-order valence-corrected chi connectivity index (χ0v) is 14.2. The van der Waals surface area contributed by atoms with Crippen LogP contribution in [0.2, 0.25) is 0 Å². The topological polar surface area (TPSA) is 50.4 Å². The second-order valence-corrected chi connectivity index (χ2v) is 5.95. The summed E-state index contributed by atoms with van der Waals surface area (Å²) in [4.78, 5) is 16.7. The molecule has 0 fully saturated rings. The molecule has 0 aliphatic heterocycles. The summed E-state index contributed by atoms with van der Waals surface area (Å²) >= 11 is 3.34. The first-order chi connectivity index (χ1) is 10.2. The maximum absolute atomic E-state index is 11.5. The molecule has 1 aromatic carbocycles. The summed E-state index contributed by atoms with van der Waals surface area (Å²) in [7, 11) is 0. The number of urea groups is 1. The predicted octanol–water partition coefficient (Wildman–Crippen LogP) is 5.25. The van der Waals surface area contributed by atoms with Crippen LogP contribution in [0.5, 0.6) is 0 Å². The lowest BCUT2D eigenvalue weighted by Crippen LogP contribution is -2.29. The lowest BCUT2D eigenvalue weighted by Gasteiger charge is -2.08. The Kier molecular flexibility index (Phi) is 9.91. The minimum absolute atomic E-state index is 0.347. The van der Waals surface area contributed by atoms with Crippen LogP contribution in [0.4, 0.5) is 10.5 Å². The molecule has 0 saturated carbocycles. The summed E-state index contributed by atoms with van der Waals surface area (Å²) in [6.45, 7) is 2.78. The number of hydroxylamine groups is 1. The number of hydrogen-bond donors (Lipinski definition) is 2. The fourth-order valence-corrected chi connectivity index (χ4v) is 2.20. The Balaban J connectivity index is 1.97. The number of nitrogens with one attached hydrogen (secondary N) is 2. The van der Waals surface area contributed by atoms with Crippen molar-refractivity contribution >= 4 is 27.6 Å². The van der Waals surface area contributed by atoms with E-state index in [2.05, 4.69) is 33.7 Å². The molecule has 2 N–H and O–H groups in total. The SMILES string of the molecule is CCCCCCCCCONC(=O)Nc1ccc(Br)cc1. The number of carbonyl (C=O) groups excluding carboxylic acids is 1. The molecule has 21 heavy (non-hydrogen) atoms. The molecular weight excluding hydrogens is 332 g/mol. The van der Waals surface area contributed by atoms with Gasteiger partial charge in [0.2, 0.25) is 0 Å². The average Bonchev–Trinajstić information content (AvgIpc) is 2.48. The molecule has 0 radical (unpaired) electrons. The highest BCUT2D eigenvalue weighted by atomic mass is 79.9. The maximum atomic E-state index is 11.5. The molecule has 0 heterocycles. The van der Waals surface area contributed by atoms with Crippen molar-refractivity contribution in [1.29, 1.82) is 0 Å². The van der Waals surface area contributed by atoms with Gasteiger partial charge in [0.25, 0.3) is 0 Å². The lowest BCUT2D eigenvalue weighted by atomic mass is 10.1. The summed E-state index contributed by atoms with van der Waals surface area (Å²) in [5, 5.41) is 2.70. The molecule has 1 rings (SSSR count). The molecule has 1 aromatic rings. The van der Waals surface area contributed by atoms with Gasteiger partial charge in [0.15, 0.2) is 0 Å². The van der Waals surface area contributed by atoms with E-state index in [0.29, 0.717) is 6.61 Å². The summed E-state index contributed by atoms with van der Waals surface area (Å²) in [5.41, 5.74) is 3.13. The Morgan fingerprint density at radius 3 is 2.33 bits per heavy atom. The standard InChI is InChI=1S/C16H25BrN2O2/c1-2-3-4-5-6-7-8-13-21-19-16(20)18-15-11-9-14(17)10-12-15/h9-12H,2-8,13H2,1H3,(H2,18,19,20). The molecule has 0 saturated heterocycles. The normalized spacial score (nSPS) is 10.4. The van der Waals surface area contributed by atoms with Crippen LogP contribution in [-0.2, 0) is 4.84 Å². The maximum Gasteiger partial charge on any atom is 0.343 e. The molecule has 5 heteroatoms. The van der Waals surface area contributed by atoms with Crippen molar-refractivity contribution in [2.75, 3.05) is 11.9 Å². The van der Waals surface area contributed by atoms with Gasteiger partial charge in [0.1, 0.15) is 0 Å². The van der Waals surface area contributed by atoms with Gasteiger partial charge in [-0.25, -0.2) is 10.3 Å². The van der Waals surface area contributed by atoms with E-state index in [1.165, 1.54) is 32.1 Å². The van der Waals surface area contributed by atoms with Crippen molar-refractivity contribution < 1.29 is 9.63 Å². The van der Waals surface area contributed by atoms with Gasteiger partial charge < -0.3 is 5.32 Å². The number of rotatable bonds is 10. The highest BCUT2D eigenvalue weighted by Crippen LogP contribution is 2.13. The van der Waals surface area contributed by atoms with Gasteiger partial charge in [-0.05, 0) is 30.7 Å². The molecule has 0 spiro atoms. The summed E-state index contributed by atoms with van der Waals surface area (Å²) in [6.07, 6.45) is 8.60. The Labute approximate surface area is 135 Å². The van der Waals surface area contributed by atoms with E-state index in [1.54, 1.807) is 0 Å². The molecular formula is C16H25BrN2O2. The Morgan fingerprint density at radius 2 is 1.67 bits per heavy atom. The average molecular weight is 357 g/mol. The molecule has 0 aromatic heterocycles. The molecule has 0 aliphatic rings. The molecule has 0 unspecified atom stereocenters. The van der Waals surface area contributed by atoms with Crippen LogP contribution in [-0.4, -0.2) is 12.6 Å². The van der Waals surface area contributed by atoms with E-state index in [9.17, 15) is 4.79 Å². The van der Waals surface area contributed by atoms with Crippen LogP contribution in [0.15, 0.2) is 28.7 Å². The Bertz CT molecular complexity index is 396. The van der Waals surface area contributed by atoms with Gasteiger partial charge >= 0.3 is 6.03 Å². The van der Waals surface area contributed by atoms with E-state index < -0.39 is 0 Å². The van der Waals surface area contributed by atoms with E-state index in [1.807, 2.05) is 24.3 Å². The van der Waals surface area contributed by atoms with Gasteiger partial charge in [-0.1, -0.05) is 61.4 Å². The summed E-state index contributed by atoms with van der Waals surface area (Å²) in [6, 6.07) is 7.03. The summed E-state index contributed by atoms with van der Waals surface area (Å²) < 4.78 is 0.976. The summed E-state index contributed by atoms with van der Waals surface area (Å²) in [5.74, 6) is 0. The smallest absolute Gasteiger partial charge is 0.306 e. The third-order valence-electron chi connectivity index (χ3n) is 3.12. The molecule has 0 atom stereocenters. The monoisotopic (exact) mass is 356 g/mol. The third kappa shape index (κ3) is 9.47. The number of unbranched alkanes of at least 4 members (excludes halogenated alkanes) is 6. The van der Waals surface area contributed by atoms with Gasteiger partial charge in [-0.2, -0.15) is 0 Å². The van der Waals surface area contributed by atoms with Crippen LogP contribution in [0.25, 0.3) is 0 Å². The molecule has 2 amide bonds. The van der Waals surface area contributed by atoms with Crippen molar-refractivity contribution in [1.82, 2.24) is 5.48 Å². The van der Waals surface area contributed by atoms with Crippen molar-refractivity contribution in [2.24, 2.45) is 0 Å². The van der Waals surface area contributed by atoms with E-state index in [0.717, 1.165) is 23.0 Å². The minimum atomic E-state index is -0.347. The van der Waals surface area contributed by atoms with Gasteiger partial charge in [-0.3, -0.25) is 4.84 Å². The molecule has 0 bridgehead atoms. The number of hydrogen-bond acceptors (Lipinski definition) is 2. The second kappa shape index (κ2) is 11.6. The Hall–Kier alpha value is -1.07. The zero-order chi connectivity index (χ0) is 15.3. The molecule has 118 valence electrons. The largest absolute Gasteiger partial charge is 0.343 e. The van der Waals surface area contributed by atoms with Gasteiger partial charge in [0.05, 0.1) is 6.61 Å². The fraction of sp³-hybridized carbons (Fsp3) is 0.562. The number of anilines is 1. The lowest BCUT2D eigenvalue weighted by molar-refractivity contribution is 0.0631. The van der Waals surface area contributed by atoms with Crippen molar-refractivity contribution in [2.45, 2.75) is 51.9 Å². The number of carbonyl (C=O) groups is 1. The Morgan fingerprint density at radius 1 is 1.05 bits per heavy atom. The highest BCUT2D eigenvalue weighted by Gasteiger charge is 2.01. The van der Waals surface area contributed by atoms with Crippen LogP contribution >= 0.6 is 15.9 Å². The van der Waals surface area contributed by atoms with Gasteiger partial charge in [-0.15, -0.1) is 0 Å². The highest BCUT2D eigenvalue weighted by molar-refractivity contribution is 9.10.